The van der Waals surface area contributed by atoms with Gasteiger partial charge in [-0.1, -0.05) is 6.07 Å². The molecule has 2 rings (SSSR count). The predicted molar refractivity (Wildman–Crippen MR) is 51.5 cm³/mol. The molecule has 74 valence electrons. The van der Waals surface area contributed by atoms with Crippen LogP contribution in [-0.4, -0.2) is 12.1 Å². The summed E-state index contributed by atoms with van der Waals surface area (Å²) in [7, 11) is 0. The van der Waals surface area contributed by atoms with E-state index in [0.29, 0.717) is 12.2 Å². The Bertz CT molecular complexity index is 369. The maximum Gasteiger partial charge on any atom is 0.246 e. The molecule has 0 bridgehead atoms. The highest BCUT2D eigenvalue weighted by Crippen LogP contribution is 2.39. The van der Waals surface area contributed by atoms with Gasteiger partial charge < -0.3 is 14.3 Å². The fourth-order valence-corrected chi connectivity index (χ4v) is 1.49. The van der Waals surface area contributed by atoms with Gasteiger partial charge in [0, 0.05) is 20.3 Å². The molecule has 0 aliphatic carbocycles. The van der Waals surface area contributed by atoms with Crippen molar-refractivity contribution in [2.75, 3.05) is 0 Å². The summed E-state index contributed by atoms with van der Waals surface area (Å²) in [5.41, 5.74) is 0.944. The minimum atomic E-state index is -0.595. The van der Waals surface area contributed by atoms with Crippen LogP contribution < -0.4 is 9.47 Å². The molecule has 3 nitrogen and oxygen atoms in total. The van der Waals surface area contributed by atoms with E-state index in [-0.39, 0.29) is 0 Å². The highest BCUT2D eigenvalue weighted by molar-refractivity contribution is 5.57. The van der Waals surface area contributed by atoms with Gasteiger partial charge in [-0.2, -0.15) is 0 Å². The van der Waals surface area contributed by atoms with Crippen LogP contribution in [0.2, 0.25) is 0 Å². The molecule has 0 N–H and O–H groups in total. The van der Waals surface area contributed by atoms with Crippen molar-refractivity contribution in [3.8, 4) is 11.5 Å². The van der Waals surface area contributed by atoms with Crippen LogP contribution in [0.5, 0.6) is 11.5 Å². The molecule has 14 heavy (non-hydrogen) atoms. The third-order valence-electron chi connectivity index (χ3n) is 2.04. The molecule has 0 fully saturated rings. The lowest BCUT2D eigenvalue weighted by atomic mass is 10.1. The summed E-state index contributed by atoms with van der Waals surface area (Å²) in [6.45, 7) is 3.71. The maximum atomic E-state index is 10.3. The smallest absolute Gasteiger partial charge is 0.246 e. The highest BCUT2D eigenvalue weighted by atomic mass is 16.7. The standard InChI is InChI=1S/C11H12O3/c1-11(2)13-9-4-3-8(5-6-12)7-10(9)14-11/h3-4,6-7H,5H2,1-2H3. The van der Waals surface area contributed by atoms with Gasteiger partial charge >= 0.3 is 0 Å². The topological polar surface area (TPSA) is 35.5 Å². The van der Waals surface area contributed by atoms with Crippen LogP contribution in [0.3, 0.4) is 0 Å². The van der Waals surface area contributed by atoms with Crippen molar-refractivity contribution < 1.29 is 14.3 Å². The lowest BCUT2D eigenvalue weighted by molar-refractivity contribution is -0.107. The number of benzene rings is 1. The number of hydrogen-bond acceptors (Lipinski definition) is 3. The van der Waals surface area contributed by atoms with Crippen LogP contribution in [-0.2, 0) is 11.2 Å². The van der Waals surface area contributed by atoms with Gasteiger partial charge in [0.2, 0.25) is 5.79 Å². The Kier molecular flexibility index (Phi) is 1.95. The van der Waals surface area contributed by atoms with Crippen LogP contribution in [0.25, 0.3) is 0 Å². The second-order valence-electron chi connectivity index (χ2n) is 3.76. The average molecular weight is 192 g/mol. The first-order valence-corrected chi connectivity index (χ1v) is 4.55. The predicted octanol–water partition coefficient (Wildman–Crippen LogP) is 1.94. The van der Waals surface area contributed by atoms with Crippen molar-refractivity contribution in [1.82, 2.24) is 0 Å². The summed E-state index contributed by atoms with van der Waals surface area (Å²) in [6.07, 6.45) is 1.29. The molecule has 0 unspecified atom stereocenters. The largest absolute Gasteiger partial charge is 0.449 e. The second-order valence-corrected chi connectivity index (χ2v) is 3.76. The number of fused-ring (bicyclic) bond motifs is 1. The van der Waals surface area contributed by atoms with Crippen molar-refractivity contribution >= 4 is 6.29 Å². The highest BCUT2D eigenvalue weighted by Gasteiger charge is 2.31. The van der Waals surface area contributed by atoms with Crippen molar-refractivity contribution in [2.45, 2.75) is 26.1 Å². The maximum absolute atomic E-state index is 10.3. The molecule has 1 aromatic rings. The molecule has 0 radical (unpaired) electrons. The van der Waals surface area contributed by atoms with Gasteiger partial charge in [0.15, 0.2) is 11.5 Å². The average Bonchev–Trinajstić information content (AvgIpc) is 2.38. The molecular weight excluding hydrogens is 180 g/mol. The molecule has 0 saturated heterocycles. The van der Waals surface area contributed by atoms with Crippen molar-refractivity contribution in [3.05, 3.63) is 23.8 Å². The first-order chi connectivity index (χ1) is 6.61. The molecule has 3 heteroatoms. The Hall–Kier alpha value is -1.51. The van der Waals surface area contributed by atoms with Crippen molar-refractivity contribution in [1.29, 1.82) is 0 Å². The SMILES string of the molecule is CC1(C)Oc2ccc(CC=O)cc2O1. The molecule has 1 heterocycles. The molecule has 0 atom stereocenters. The van der Waals surface area contributed by atoms with E-state index in [9.17, 15) is 4.79 Å². The summed E-state index contributed by atoms with van der Waals surface area (Å²) < 4.78 is 11.1. The van der Waals surface area contributed by atoms with E-state index in [4.69, 9.17) is 9.47 Å². The van der Waals surface area contributed by atoms with E-state index in [1.54, 1.807) is 0 Å². The minimum Gasteiger partial charge on any atom is -0.449 e. The zero-order valence-electron chi connectivity index (χ0n) is 8.24. The first-order valence-electron chi connectivity index (χ1n) is 4.55. The molecule has 0 spiro atoms. The molecule has 0 saturated carbocycles. The van der Waals surface area contributed by atoms with Crippen LogP contribution in [0.15, 0.2) is 18.2 Å². The normalized spacial score (nSPS) is 16.7. The van der Waals surface area contributed by atoms with Gasteiger partial charge in [-0.3, -0.25) is 0 Å². The van der Waals surface area contributed by atoms with Gasteiger partial charge in [-0.05, 0) is 17.7 Å². The molecule has 1 aliphatic heterocycles. The van der Waals surface area contributed by atoms with Crippen LogP contribution in [0.4, 0.5) is 0 Å². The molecule has 0 amide bonds. The van der Waals surface area contributed by atoms with Crippen LogP contribution in [0, 0.1) is 0 Å². The van der Waals surface area contributed by atoms with Crippen LogP contribution in [0.1, 0.15) is 19.4 Å². The third kappa shape index (κ3) is 1.58. The monoisotopic (exact) mass is 192 g/mol. The van der Waals surface area contributed by atoms with E-state index < -0.39 is 5.79 Å². The molecule has 1 aromatic carbocycles. The van der Waals surface area contributed by atoms with E-state index in [0.717, 1.165) is 17.6 Å². The number of carbonyl (C=O) groups is 1. The number of ether oxygens (including phenoxy) is 2. The van der Waals surface area contributed by atoms with Crippen molar-refractivity contribution in [2.24, 2.45) is 0 Å². The summed E-state index contributed by atoms with van der Waals surface area (Å²) >= 11 is 0. The Labute approximate surface area is 82.6 Å². The summed E-state index contributed by atoms with van der Waals surface area (Å²) in [4.78, 5) is 10.3. The van der Waals surface area contributed by atoms with E-state index in [2.05, 4.69) is 0 Å². The van der Waals surface area contributed by atoms with Gasteiger partial charge in [0.25, 0.3) is 0 Å². The lowest BCUT2D eigenvalue weighted by Gasteiger charge is -2.16. The first kappa shape index (κ1) is 9.06. The number of aldehydes is 1. The second kappa shape index (κ2) is 3.01. The summed E-state index contributed by atoms with van der Waals surface area (Å²) in [6, 6.07) is 5.55. The number of carbonyl (C=O) groups excluding carboxylic acids is 1. The lowest BCUT2D eigenvalue weighted by Crippen LogP contribution is -2.29. The van der Waals surface area contributed by atoms with Crippen LogP contribution >= 0.6 is 0 Å². The van der Waals surface area contributed by atoms with Gasteiger partial charge in [-0.25, -0.2) is 0 Å². The quantitative estimate of drug-likeness (QED) is 0.672. The molecule has 0 aromatic heterocycles. The molecule has 1 aliphatic rings. The fourth-order valence-electron chi connectivity index (χ4n) is 1.49. The summed E-state index contributed by atoms with van der Waals surface area (Å²) in [5.74, 6) is 0.862. The third-order valence-corrected chi connectivity index (χ3v) is 2.04. The minimum absolute atomic E-state index is 0.414. The Balaban J connectivity index is 2.30. The van der Waals surface area contributed by atoms with Gasteiger partial charge in [-0.15, -0.1) is 0 Å². The van der Waals surface area contributed by atoms with Gasteiger partial charge in [0.1, 0.15) is 6.29 Å². The Morgan fingerprint density at radius 2 is 2.00 bits per heavy atom. The molecular formula is C11H12O3. The number of rotatable bonds is 2. The Morgan fingerprint density at radius 1 is 1.29 bits per heavy atom. The van der Waals surface area contributed by atoms with E-state index in [1.807, 2.05) is 32.0 Å². The van der Waals surface area contributed by atoms with Crippen molar-refractivity contribution in [3.63, 3.8) is 0 Å². The Morgan fingerprint density at radius 3 is 2.71 bits per heavy atom. The number of hydrogen-bond donors (Lipinski definition) is 0. The van der Waals surface area contributed by atoms with Gasteiger partial charge in [0.05, 0.1) is 0 Å². The zero-order chi connectivity index (χ0) is 10.2. The fraction of sp³-hybridized carbons (Fsp3) is 0.364. The van der Waals surface area contributed by atoms with E-state index >= 15 is 0 Å². The zero-order valence-corrected chi connectivity index (χ0v) is 8.24. The van der Waals surface area contributed by atoms with E-state index in [1.165, 1.54) is 0 Å². The summed E-state index contributed by atoms with van der Waals surface area (Å²) in [5, 5.41) is 0.